The summed E-state index contributed by atoms with van der Waals surface area (Å²) in [4.78, 5) is 34.9. The van der Waals surface area contributed by atoms with E-state index in [2.05, 4.69) is 6.92 Å². The first-order chi connectivity index (χ1) is 12.0. The van der Waals surface area contributed by atoms with E-state index in [0.717, 1.165) is 32.1 Å². The zero-order valence-electron chi connectivity index (χ0n) is 14.6. The van der Waals surface area contributed by atoms with Crippen LogP contribution in [0.2, 0.25) is 0 Å². The molecular weight excluding hydrogens is 320 g/mol. The summed E-state index contributed by atoms with van der Waals surface area (Å²) in [6, 6.07) is 7.78. The van der Waals surface area contributed by atoms with Crippen LogP contribution in [0.5, 0.6) is 0 Å². The van der Waals surface area contributed by atoms with Crippen LogP contribution in [-0.4, -0.2) is 17.7 Å². The van der Waals surface area contributed by atoms with Crippen molar-refractivity contribution in [3.63, 3.8) is 0 Å². The second-order valence-corrected chi connectivity index (χ2v) is 6.03. The number of Topliss-reactive ketones (excluding diaryl/α,β-unsaturated/α-hetero) is 1. The fourth-order valence-corrected chi connectivity index (χ4v) is 2.67. The summed E-state index contributed by atoms with van der Waals surface area (Å²) >= 11 is 0. The molecule has 5 nitrogen and oxygen atoms in total. The molecule has 0 amide bonds. The molecule has 0 saturated carbocycles. The molecule has 0 spiro atoms. The highest BCUT2D eigenvalue weighted by molar-refractivity contribution is 6.21. The van der Waals surface area contributed by atoms with Gasteiger partial charge in [-0.1, -0.05) is 69.4 Å². The molecule has 0 aliphatic carbocycles. The van der Waals surface area contributed by atoms with Crippen LogP contribution in [0.4, 0.5) is 0 Å². The van der Waals surface area contributed by atoms with Crippen molar-refractivity contribution in [1.82, 2.24) is 0 Å². The van der Waals surface area contributed by atoms with Gasteiger partial charge in [0.1, 0.15) is 5.78 Å². The van der Waals surface area contributed by atoms with E-state index in [1.54, 1.807) is 18.2 Å². The van der Waals surface area contributed by atoms with Gasteiger partial charge in [0.05, 0.1) is 11.9 Å². The Balaban J connectivity index is 2.79. The van der Waals surface area contributed by atoms with E-state index in [9.17, 15) is 24.6 Å². The number of unbranched alkanes of at least 4 members (excludes halogenated alkanes) is 5. The molecule has 1 aromatic carbocycles. The lowest BCUT2D eigenvalue weighted by atomic mass is 9.95. The molecule has 0 bridgehead atoms. The van der Waals surface area contributed by atoms with E-state index in [4.69, 9.17) is 0 Å². The maximum atomic E-state index is 12.1. The van der Waals surface area contributed by atoms with E-state index < -0.39 is 29.5 Å². The Kier molecular flexibility index (Phi) is 9.22. The minimum Gasteiger partial charge on any atom is -0.545 e. The van der Waals surface area contributed by atoms with E-state index >= 15 is 0 Å². The van der Waals surface area contributed by atoms with Crippen molar-refractivity contribution in [1.29, 1.82) is 0 Å². The van der Waals surface area contributed by atoms with Gasteiger partial charge in [-0.2, -0.15) is 0 Å². The highest BCUT2D eigenvalue weighted by Gasteiger charge is 2.15. The van der Waals surface area contributed by atoms with E-state index in [1.807, 2.05) is 0 Å². The number of benzene rings is 1. The van der Waals surface area contributed by atoms with Gasteiger partial charge in [-0.3, -0.25) is 4.79 Å². The molecule has 0 aliphatic heterocycles. The summed E-state index contributed by atoms with van der Waals surface area (Å²) < 4.78 is 0. The number of carbonyl (C=O) groups is 3. The number of carboxylic acid groups (broad SMARTS) is 2. The van der Waals surface area contributed by atoms with Crippen molar-refractivity contribution in [2.75, 3.05) is 0 Å². The van der Waals surface area contributed by atoms with Crippen molar-refractivity contribution in [2.24, 2.45) is 0 Å². The highest BCUT2D eigenvalue weighted by atomic mass is 16.4. The molecule has 0 saturated heterocycles. The first-order valence-electron chi connectivity index (χ1n) is 8.70. The van der Waals surface area contributed by atoms with Crippen LogP contribution in [-0.2, 0) is 14.4 Å². The van der Waals surface area contributed by atoms with Crippen LogP contribution >= 0.6 is 0 Å². The molecule has 0 N–H and O–H groups in total. The summed E-state index contributed by atoms with van der Waals surface area (Å²) in [5, 5.41) is 22.8. The maximum absolute atomic E-state index is 12.1. The first kappa shape index (κ1) is 20.6. The lowest BCUT2D eigenvalue weighted by molar-refractivity contribution is -0.302. The zero-order chi connectivity index (χ0) is 18.7. The number of ketones is 1. The van der Waals surface area contributed by atoms with Crippen molar-refractivity contribution in [3.8, 4) is 0 Å². The van der Waals surface area contributed by atoms with Gasteiger partial charge in [0.25, 0.3) is 0 Å². The third kappa shape index (κ3) is 7.33. The number of hydrogen-bond donors (Lipinski definition) is 0. The van der Waals surface area contributed by atoms with Gasteiger partial charge in [0.2, 0.25) is 0 Å². The normalized spacial score (nSPS) is 11.7. The van der Waals surface area contributed by atoms with Gasteiger partial charge in [-0.15, -0.1) is 0 Å². The lowest BCUT2D eigenvalue weighted by Gasteiger charge is -2.17. The molecule has 0 heterocycles. The van der Waals surface area contributed by atoms with Crippen molar-refractivity contribution >= 4 is 23.3 Å². The molecule has 5 heteroatoms. The molecular formula is C20H24O5-2. The number of carbonyl (C=O) groups excluding carboxylic acids is 3. The smallest absolute Gasteiger partial charge is 0.137 e. The summed E-state index contributed by atoms with van der Waals surface area (Å²) in [5.74, 6) is -3.58. The molecule has 0 atom stereocenters. The van der Waals surface area contributed by atoms with Gasteiger partial charge in [-0.25, -0.2) is 0 Å². The molecule has 136 valence electrons. The Morgan fingerprint density at radius 3 is 2.00 bits per heavy atom. The molecule has 0 unspecified atom stereocenters. The van der Waals surface area contributed by atoms with E-state index in [0.29, 0.717) is 6.42 Å². The molecule has 0 fully saturated rings. The monoisotopic (exact) mass is 344 g/mol. The minimum atomic E-state index is -1.65. The van der Waals surface area contributed by atoms with Crippen LogP contribution in [0.1, 0.15) is 63.9 Å². The van der Waals surface area contributed by atoms with E-state index in [-0.39, 0.29) is 17.8 Å². The van der Waals surface area contributed by atoms with Gasteiger partial charge < -0.3 is 19.8 Å². The summed E-state index contributed by atoms with van der Waals surface area (Å²) in [7, 11) is 0. The Labute approximate surface area is 148 Å². The third-order valence-electron chi connectivity index (χ3n) is 4.00. The third-order valence-corrected chi connectivity index (χ3v) is 4.00. The van der Waals surface area contributed by atoms with Crippen LogP contribution < -0.4 is 10.2 Å². The number of aliphatic carboxylic acids is 2. The SMILES string of the molecule is CCCCCCCCC(=O)C/C(C(=O)[O-])=C(\C(=O)[O-])c1ccccc1. The quantitative estimate of drug-likeness (QED) is 0.424. The van der Waals surface area contributed by atoms with Crippen LogP contribution in [0.15, 0.2) is 35.9 Å². The Bertz CT molecular complexity index is 616. The fraction of sp³-hybridized carbons (Fsp3) is 0.450. The molecule has 1 aromatic rings. The lowest BCUT2D eigenvalue weighted by Crippen LogP contribution is -2.32. The number of carboxylic acids is 2. The second kappa shape index (κ2) is 11.2. The van der Waals surface area contributed by atoms with Gasteiger partial charge in [0.15, 0.2) is 0 Å². The molecule has 25 heavy (non-hydrogen) atoms. The zero-order valence-corrected chi connectivity index (χ0v) is 14.6. The van der Waals surface area contributed by atoms with Crippen LogP contribution in [0, 0.1) is 0 Å². The maximum Gasteiger partial charge on any atom is 0.137 e. The second-order valence-electron chi connectivity index (χ2n) is 6.03. The average molecular weight is 344 g/mol. The predicted molar refractivity (Wildman–Crippen MR) is 91.0 cm³/mol. The number of hydrogen-bond acceptors (Lipinski definition) is 5. The summed E-state index contributed by atoms with van der Waals surface area (Å²) in [6.07, 6.45) is 5.82. The molecule has 1 rings (SSSR count). The Hall–Kier alpha value is -2.43. The van der Waals surface area contributed by atoms with Crippen molar-refractivity contribution < 1.29 is 24.6 Å². The molecule has 0 radical (unpaired) electrons. The largest absolute Gasteiger partial charge is 0.545 e. The summed E-state index contributed by atoms with van der Waals surface area (Å²) in [6.45, 7) is 2.12. The first-order valence-corrected chi connectivity index (χ1v) is 8.70. The van der Waals surface area contributed by atoms with Crippen molar-refractivity contribution in [3.05, 3.63) is 41.5 Å². The Morgan fingerprint density at radius 2 is 1.44 bits per heavy atom. The Morgan fingerprint density at radius 1 is 0.840 bits per heavy atom. The number of rotatable bonds is 12. The standard InChI is InChI=1S/C20H26O5/c1-2-3-4-5-6-10-13-16(21)14-17(19(22)23)18(20(24)25)15-11-8-7-9-12-15/h7-9,11-12H,2-6,10,13-14H2,1H3,(H,22,23)(H,24,25)/p-2/b18-17+. The van der Waals surface area contributed by atoms with Gasteiger partial charge >= 0.3 is 0 Å². The average Bonchev–Trinajstić information content (AvgIpc) is 2.58. The van der Waals surface area contributed by atoms with Crippen LogP contribution in [0.25, 0.3) is 5.57 Å². The van der Waals surface area contributed by atoms with E-state index in [1.165, 1.54) is 12.1 Å². The van der Waals surface area contributed by atoms with Crippen molar-refractivity contribution in [2.45, 2.75) is 58.3 Å². The predicted octanol–water partition coefficient (Wildman–Crippen LogP) is 1.65. The van der Waals surface area contributed by atoms with Gasteiger partial charge in [0, 0.05) is 18.4 Å². The molecule has 0 aliphatic rings. The highest BCUT2D eigenvalue weighted by Crippen LogP contribution is 2.21. The van der Waals surface area contributed by atoms with Gasteiger partial charge in [-0.05, 0) is 17.6 Å². The molecule has 0 aromatic heterocycles. The topological polar surface area (TPSA) is 97.3 Å². The fourth-order valence-electron chi connectivity index (χ4n) is 2.67. The minimum absolute atomic E-state index is 0.189. The van der Waals surface area contributed by atoms with Crippen LogP contribution in [0.3, 0.4) is 0 Å². The summed E-state index contributed by atoms with van der Waals surface area (Å²) in [5.41, 5.74) is -0.826.